The van der Waals surface area contributed by atoms with Gasteiger partial charge in [-0.05, 0) is 44.3 Å². The van der Waals surface area contributed by atoms with Crippen LogP contribution in [-0.4, -0.2) is 42.0 Å². The van der Waals surface area contributed by atoms with Gasteiger partial charge in [-0.1, -0.05) is 19.9 Å². The van der Waals surface area contributed by atoms with Crippen molar-refractivity contribution in [2.75, 3.05) is 20.1 Å². The summed E-state index contributed by atoms with van der Waals surface area (Å²) in [6.07, 6.45) is 2.79. The van der Waals surface area contributed by atoms with Crippen molar-refractivity contribution < 1.29 is 4.79 Å². The molecule has 0 bridgehead atoms. The van der Waals surface area contributed by atoms with Crippen LogP contribution in [0.25, 0.3) is 10.9 Å². The van der Waals surface area contributed by atoms with Gasteiger partial charge in [0, 0.05) is 29.7 Å². The van der Waals surface area contributed by atoms with Gasteiger partial charge in [0.2, 0.25) is 0 Å². The van der Waals surface area contributed by atoms with Gasteiger partial charge in [-0.3, -0.25) is 9.78 Å². The van der Waals surface area contributed by atoms with E-state index in [0.29, 0.717) is 5.56 Å². The van der Waals surface area contributed by atoms with Crippen molar-refractivity contribution in [2.24, 2.45) is 0 Å². The zero-order chi connectivity index (χ0) is 15.2. The van der Waals surface area contributed by atoms with E-state index in [1.165, 1.54) is 0 Å². The molecule has 1 aromatic heterocycles. The third-order valence-corrected chi connectivity index (χ3v) is 3.59. The van der Waals surface area contributed by atoms with Gasteiger partial charge in [-0.15, -0.1) is 0 Å². The summed E-state index contributed by atoms with van der Waals surface area (Å²) in [5.74, 6) is 0.00560. The van der Waals surface area contributed by atoms with Gasteiger partial charge in [0.1, 0.15) is 0 Å². The molecule has 1 aromatic carbocycles. The van der Waals surface area contributed by atoms with Crippen molar-refractivity contribution in [3.63, 3.8) is 0 Å². The molecule has 21 heavy (non-hydrogen) atoms. The number of nitrogens with zero attached hydrogens (tertiary/aromatic N) is 2. The highest BCUT2D eigenvalue weighted by Gasteiger charge is 2.21. The monoisotopic (exact) mass is 285 g/mol. The number of benzene rings is 1. The molecule has 0 aliphatic carbocycles. The summed E-state index contributed by atoms with van der Waals surface area (Å²) in [5, 5.41) is 4.09. The van der Waals surface area contributed by atoms with Crippen LogP contribution < -0.4 is 5.32 Å². The predicted molar refractivity (Wildman–Crippen MR) is 86.5 cm³/mol. The number of hydrogen-bond acceptors (Lipinski definition) is 3. The molecule has 1 saturated heterocycles. The highest BCUT2D eigenvalue weighted by Crippen LogP contribution is 2.14. The van der Waals surface area contributed by atoms with Crippen molar-refractivity contribution in [2.45, 2.75) is 26.3 Å². The van der Waals surface area contributed by atoms with Crippen LogP contribution in [0.15, 0.2) is 36.5 Å². The smallest absolute Gasteiger partial charge is 0.251 e. The summed E-state index contributed by atoms with van der Waals surface area (Å²) < 4.78 is 0. The van der Waals surface area contributed by atoms with Crippen LogP contribution in [0.4, 0.5) is 0 Å². The van der Waals surface area contributed by atoms with E-state index in [1.807, 2.05) is 44.2 Å². The highest BCUT2D eigenvalue weighted by atomic mass is 16.1. The number of likely N-dealkylation sites (N-methyl/N-ethyl adjacent to an activating group) is 1. The first-order valence-electron chi connectivity index (χ1n) is 7.56. The number of rotatable bonds is 2. The van der Waals surface area contributed by atoms with E-state index in [1.54, 1.807) is 6.20 Å². The highest BCUT2D eigenvalue weighted by molar-refractivity contribution is 5.98. The number of likely N-dealkylation sites (tertiary alicyclic amines) is 1. The lowest BCUT2D eigenvalue weighted by Crippen LogP contribution is -2.36. The number of pyridine rings is 1. The van der Waals surface area contributed by atoms with Crippen molar-refractivity contribution >= 4 is 16.8 Å². The average molecular weight is 285 g/mol. The van der Waals surface area contributed by atoms with Crippen LogP contribution in [0.2, 0.25) is 0 Å². The molecule has 2 aromatic rings. The second-order valence-electron chi connectivity index (χ2n) is 5.13. The number of amides is 1. The molecule has 3 rings (SSSR count). The van der Waals surface area contributed by atoms with Crippen molar-refractivity contribution in [1.29, 1.82) is 0 Å². The fourth-order valence-corrected chi connectivity index (χ4v) is 2.54. The van der Waals surface area contributed by atoms with Crippen LogP contribution in [-0.2, 0) is 0 Å². The van der Waals surface area contributed by atoms with E-state index in [9.17, 15) is 4.79 Å². The van der Waals surface area contributed by atoms with Crippen molar-refractivity contribution in [3.8, 4) is 0 Å². The van der Waals surface area contributed by atoms with E-state index < -0.39 is 0 Å². The average Bonchev–Trinajstić information content (AvgIpc) is 2.94. The standard InChI is InChI=1S/C15H17N3O.C2H6/c1-18-8-6-13(10-18)17-15(19)12-4-5-14-11(9-12)3-2-7-16-14;1-2/h2-5,7,9,13H,6,8,10H2,1H3,(H,17,19);1-2H3. The molecule has 1 amide bonds. The summed E-state index contributed by atoms with van der Waals surface area (Å²) in [7, 11) is 2.08. The second kappa shape index (κ2) is 7.18. The summed E-state index contributed by atoms with van der Waals surface area (Å²) in [6, 6.07) is 9.76. The fraction of sp³-hybridized carbons (Fsp3) is 0.412. The number of carbonyl (C=O) groups excluding carboxylic acids is 1. The van der Waals surface area contributed by atoms with Crippen LogP contribution in [0.5, 0.6) is 0 Å². The first kappa shape index (κ1) is 15.4. The van der Waals surface area contributed by atoms with Crippen LogP contribution in [0.3, 0.4) is 0 Å². The third-order valence-electron chi connectivity index (χ3n) is 3.59. The Morgan fingerprint density at radius 1 is 1.33 bits per heavy atom. The lowest BCUT2D eigenvalue weighted by atomic mass is 10.1. The summed E-state index contributed by atoms with van der Waals surface area (Å²) in [4.78, 5) is 18.7. The Kier molecular flexibility index (Phi) is 5.28. The molecule has 1 aliphatic rings. The fourth-order valence-electron chi connectivity index (χ4n) is 2.54. The zero-order valence-corrected chi connectivity index (χ0v) is 13.0. The van der Waals surface area contributed by atoms with Crippen LogP contribution in [0.1, 0.15) is 30.6 Å². The number of carbonyl (C=O) groups is 1. The normalized spacial score (nSPS) is 18.1. The maximum absolute atomic E-state index is 12.2. The molecule has 1 fully saturated rings. The van der Waals surface area contributed by atoms with Gasteiger partial charge in [0.05, 0.1) is 5.52 Å². The molecule has 4 heteroatoms. The molecule has 2 heterocycles. The number of nitrogens with one attached hydrogen (secondary N) is 1. The first-order chi connectivity index (χ1) is 10.2. The largest absolute Gasteiger partial charge is 0.348 e. The molecule has 1 N–H and O–H groups in total. The Morgan fingerprint density at radius 2 is 2.14 bits per heavy atom. The minimum Gasteiger partial charge on any atom is -0.348 e. The minimum absolute atomic E-state index is 0.00560. The maximum atomic E-state index is 12.2. The Morgan fingerprint density at radius 3 is 2.86 bits per heavy atom. The Labute approximate surface area is 126 Å². The van der Waals surface area contributed by atoms with Gasteiger partial charge in [0.25, 0.3) is 5.91 Å². The Balaban J connectivity index is 0.000000774. The quantitative estimate of drug-likeness (QED) is 0.922. The van der Waals surface area contributed by atoms with Gasteiger partial charge < -0.3 is 10.2 Å². The summed E-state index contributed by atoms with van der Waals surface area (Å²) in [5.41, 5.74) is 1.62. The molecule has 112 valence electrons. The lowest BCUT2D eigenvalue weighted by molar-refractivity contribution is 0.0938. The third kappa shape index (κ3) is 3.79. The van der Waals surface area contributed by atoms with Crippen LogP contribution >= 0.6 is 0 Å². The molecule has 1 unspecified atom stereocenters. The van der Waals surface area contributed by atoms with Gasteiger partial charge >= 0.3 is 0 Å². The molecule has 0 saturated carbocycles. The molecule has 0 spiro atoms. The van der Waals surface area contributed by atoms with Gasteiger partial charge in [0.15, 0.2) is 0 Å². The molecule has 4 nitrogen and oxygen atoms in total. The van der Waals surface area contributed by atoms with Crippen molar-refractivity contribution in [3.05, 3.63) is 42.1 Å². The number of fused-ring (bicyclic) bond motifs is 1. The van der Waals surface area contributed by atoms with E-state index in [2.05, 4.69) is 22.2 Å². The number of aromatic nitrogens is 1. The van der Waals surface area contributed by atoms with Gasteiger partial charge in [-0.25, -0.2) is 0 Å². The Hall–Kier alpha value is -1.94. The molecular weight excluding hydrogens is 262 g/mol. The van der Waals surface area contributed by atoms with Crippen LogP contribution in [0, 0.1) is 0 Å². The molecular formula is C17H23N3O. The predicted octanol–water partition coefficient (Wildman–Crippen LogP) is 2.69. The summed E-state index contributed by atoms with van der Waals surface area (Å²) >= 11 is 0. The zero-order valence-electron chi connectivity index (χ0n) is 13.0. The van der Waals surface area contributed by atoms with Crippen molar-refractivity contribution in [1.82, 2.24) is 15.2 Å². The Bertz CT molecular complexity index is 612. The van der Waals surface area contributed by atoms with E-state index >= 15 is 0 Å². The molecule has 1 aliphatic heterocycles. The topological polar surface area (TPSA) is 45.2 Å². The second-order valence-corrected chi connectivity index (χ2v) is 5.13. The van der Waals surface area contributed by atoms with E-state index in [0.717, 1.165) is 30.4 Å². The first-order valence-corrected chi connectivity index (χ1v) is 7.56. The summed E-state index contributed by atoms with van der Waals surface area (Å²) in [6.45, 7) is 5.98. The lowest BCUT2D eigenvalue weighted by Gasteiger charge is -2.13. The SMILES string of the molecule is CC.CN1CCC(NC(=O)c2ccc3ncccc3c2)C1. The molecule has 1 atom stereocenters. The molecule has 0 radical (unpaired) electrons. The maximum Gasteiger partial charge on any atom is 0.251 e. The van der Waals surface area contributed by atoms with Gasteiger partial charge in [-0.2, -0.15) is 0 Å². The van der Waals surface area contributed by atoms with E-state index in [-0.39, 0.29) is 11.9 Å². The minimum atomic E-state index is 0.00560. The van der Waals surface area contributed by atoms with E-state index in [4.69, 9.17) is 0 Å². The number of hydrogen-bond donors (Lipinski definition) is 1.